The third-order valence-electron chi connectivity index (χ3n) is 5.19. The summed E-state index contributed by atoms with van der Waals surface area (Å²) in [4.78, 5) is 18.5. The number of hydrogen-bond acceptors (Lipinski definition) is 5. The standard InChI is InChI=1S/C23H24N4O3S/c1-14-12-16(8-9-17(14)25-20(28)13-29-3)27-22(19-10-7-15(2)30-19)21(26-23(27)31)18-6-4-5-11-24-18/h4-12,21-22H,13H2,1-3H3,(H,25,28)(H,26,31). The molecule has 0 aliphatic carbocycles. The molecule has 0 radical (unpaired) electrons. The summed E-state index contributed by atoms with van der Waals surface area (Å²) in [6, 6.07) is 15.2. The van der Waals surface area contributed by atoms with Crippen LogP contribution in [0, 0.1) is 13.8 Å². The van der Waals surface area contributed by atoms with Crippen molar-refractivity contribution < 1.29 is 13.9 Å². The van der Waals surface area contributed by atoms with Crippen LogP contribution in [0.2, 0.25) is 0 Å². The van der Waals surface area contributed by atoms with Crippen molar-refractivity contribution in [3.05, 3.63) is 77.5 Å². The van der Waals surface area contributed by atoms with E-state index in [0.29, 0.717) is 5.11 Å². The van der Waals surface area contributed by atoms with E-state index in [1.54, 1.807) is 6.20 Å². The number of thiocarbonyl (C=S) groups is 1. The second-order valence-corrected chi connectivity index (χ2v) is 7.81. The summed E-state index contributed by atoms with van der Waals surface area (Å²) < 4.78 is 10.9. The van der Waals surface area contributed by atoms with Gasteiger partial charge in [-0.1, -0.05) is 6.07 Å². The Morgan fingerprint density at radius 1 is 1.26 bits per heavy atom. The van der Waals surface area contributed by atoms with E-state index in [1.165, 1.54) is 7.11 Å². The molecule has 2 N–H and O–H groups in total. The molecule has 1 fully saturated rings. The minimum Gasteiger partial charge on any atom is -0.464 e. The number of ether oxygens (including phenoxy) is 1. The van der Waals surface area contributed by atoms with Crippen molar-refractivity contribution in [2.75, 3.05) is 23.9 Å². The highest BCUT2D eigenvalue weighted by Gasteiger charge is 2.42. The number of amides is 1. The molecule has 0 spiro atoms. The number of rotatable bonds is 6. The van der Waals surface area contributed by atoms with Crippen molar-refractivity contribution in [1.29, 1.82) is 0 Å². The molecule has 0 saturated carbocycles. The molecule has 2 unspecified atom stereocenters. The lowest BCUT2D eigenvalue weighted by molar-refractivity contribution is -0.119. The van der Waals surface area contributed by atoms with E-state index in [1.807, 2.05) is 67.3 Å². The first kappa shape index (κ1) is 21.0. The van der Waals surface area contributed by atoms with Gasteiger partial charge >= 0.3 is 0 Å². The second kappa shape index (κ2) is 8.87. The van der Waals surface area contributed by atoms with Crippen LogP contribution in [0.5, 0.6) is 0 Å². The monoisotopic (exact) mass is 436 g/mol. The van der Waals surface area contributed by atoms with Gasteiger partial charge in [0.05, 0.1) is 11.7 Å². The fourth-order valence-electron chi connectivity index (χ4n) is 3.79. The zero-order chi connectivity index (χ0) is 22.0. The number of aromatic nitrogens is 1. The van der Waals surface area contributed by atoms with Gasteiger partial charge in [0.1, 0.15) is 24.2 Å². The van der Waals surface area contributed by atoms with E-state index >= 15 is 0 Å². The minimum absolute atomic E-state index is 0.00694. The Morgan fingerprint density at radius 3 is 2.74 bits per heavy atom. The Kier molecular flexibility index (Phi) is 6.01. The van der Waals surface area contributed by atoms with Crippen LogP contribution in [-0.2, 0) is 9.53 Å². The molecule has 4 rings (SSSR count). The molecule has 31 heavy (non-hydrogen) atoms. The number of nitrogens with one attached hydrogen (secondary N) is 2. The summed E-state index contributed by atoms with van der Waals surface area (Å²) in [6.07, 6.45) is 1.77. The molecule has 1 aliphatic rings. The lowest BCUT2D eigenvalue weighted by atomic mass is 10.0. The number of nitrogens with zero attached hydrogens (tertiary/aromatic N) is 2. The molecule has 2 aromatic heterocycles. The first-order valence-corrected chi connectivity index (χ1v) is 10.3. The fraction of sp³-hybridized carbons (Fsp3) is 0.261. The van der Waals surface area contributed by atoms with Gasteiger partial charge in [-0.3, -0.25) is 9.78 Å². The molecule has 3 heterocycles. The lowest BCUT2D eigenvalue weighted by Gasteiger charge is -2.26. The normalized spacial score (nSPS) is 18.2. The highest BCUT2D eigenvalue weighted by atomic mass is 32.1. The van der Waals surface area contributed by atoms with Crippen LogP contribution in [0.15, 0.2) is 59.1 Å². The average Bonchev–Trinajstić information content (AvgIpc) is 3.33. The molecular formula is C23H24N4O3S. The van der Waals surface area contributed by atoms with Crippen molar-refractivity contribution in [3.8, 4) is 0 Å². The predicted octanol–water partition coefficient (Wildman–Crippen LogP) is 4.05. The molecule has 1 aliphatic heterocycles. The number of carbonyl (C=O) groups is 1. The van der Waals surface area contributed by atoms with Gasteiger partial charge in [0.2, 0.25) is 5.91 Å². The van der Waals surface area contributed by atoms with Gasteiger partial charge < -0.3 is 24.7 Å². The minimum atomic E-state index is -0.204. The average molecular weight is 437 g/mol. The maximum Gasteiger partial charge on any atom is 0.250 e. The van der Waals surface area contributed by atoms with E-state index in [4.69, 9.17) is 21.4 Å². The summed E-state index contributed by atoms with van der Waals surface area (Å²) in [5.41, 5.74) is 3.43. The van der Waals surface area contributed by atoms with E-state index in [9.17, 15) is 4.79 Å². The van der Waals surface area contributed by atoms with Crippen molar-refractivity contribution in [2.45, 2.75) is 25.9 Å². The summed E-state index contributed by atoms with van der Waals surface area (Å²) >= 11 is 5.72. The number of pyridine rings is 1. The number of hydrogen-bond donors (Lipinski definition) is 2. The molecule has 0 bridgehead atoms. The van der Waals surface area contributed by atoms with Gasteiger partial charge in [0, 0.05) is 24.7 Å². The molecule has 7 nitrogen and oxygen atoms in total. The van der Waals surface area contributed by atoms with Gasteiger partial charge in [-0.2, -0.15) is 0 Å². The Hall–Kier alpha value is -3.23. The van der Waals surface area contributed by atoms with Gasteiger partial charge in [0.25, 0.3) is 0 Å². The van der Waals surface area contributed by atoms with Crippen LogP contribution in [-0.4, -0.2) is 29.7 Å². The third-order valence-corrected chi connectivity index (χ3v) is 5.50. The number of methoxy groups -OCH3 is 1. The Morgan fingerprint density at radius 2 is 2.10 bits per heavy atom. The quantitative estimate of drug-likeness (QED) is 0.564. The predicted molar refractivity (Wildman–Crippen MR) is 123 cm³/mol. The second-order valence-electron chi connectivity index (χ2n) is 7.43. The molecule has 8 heteroatoms. The van der Waals surface area contributed by atoms with Crippen LogP contribution in [0.3, 0.4) is 0 Å². The lowest BCUT2D eigenvalue weighted by Crippen LogP contribution is -2.29. The molecule has 3 aromatic rings. The molecule has 1 aromatic carbocycles. The zero-order valence-corrected chi connectivity index (χ0v) is 18.4. The number of anilines is 2. The summed E-state index contributed by atoms with van der Waals surface area (Å²) in [6.45, 7) is 3.87. The Labute approximate surface area is 186 Å². The van der Waals surface area contributed by atoms with E-state index in [-0.39, 0.29) is 24.6 Å². The topological polar surface area (TPSA) is 79.6 Å². The number of aryl methyl sites for hydroxylation is 2. The van der Waals surface area contributed by atoms with Crippen LogP contribution in [0.4, 0.5) is 11.4 Å². The Bertz CT molecular complexity index is 1100. The summed E-state index contributed by atoms with van der Waals surface area (Å²) in [5, 5.41) is 6.86. The molecule has 1 saturated heterocycles. The molecule has 1 amide bonds. The first-order chi connectivity index (χ1) is 15.0. The highest BCUT2D eigenvalue weighted by Crippen LogP contribution is 2.42. The summed E-state index contributed by atoms with van der Waals surface area (Å²) in [7, 11) is 1.49. The number of furan rings is 1. The van der Waals surface area contributed by atoms with Crippen molar-refractivity contribution in [2.24, 2.45) is 0 Å². The van der Waals surface area contributed by atoms with Crippen LogP contribution in [0.1, 0.15) is 34.9 Å². The SMILES string of the molecule is COCC(=O)Nc1ccc(N2C(=S)NC(c3ccccn3)C2c2ccc(C)o2)cc1C. The van der Waals surface area contributed by atoms with E-state index < -0.39 is 0 Å². The maximum absolute atomic E-state index is 11.9. The van der Waals surface area contributed by atoms with Crippen LogP contribution in [0.25, 0.3) is 0 Å². The first-order valence-electron chi connectivity index (χ1n) is 9.94. The van der Waals surface area contributed by atoms with Gasteiger partial charge in [-0.15, -0.1) is 0 Å². The van der Waals surface area contributed by atoms with Gasteiger partial charge in [-0.25, -0.2) is 0 Å². The summed E-state index contributed by atoms with van der Waals surface area (Å²) in [5.74, 6) is 1.44. The van der Waals surface area contributed by atoms with Gasteiger partial charge in [0.15, 0.2) is 5.11 Å². The van der Waals surface area contributed by atoms with Crippen LogP contribution >= 0.6 is 12.2 Å². The largest absolute Gasteiger partial charge is 0.464 e. The number of benzene rings is 1. The van der Waals surface area contributed by atoms with Crippen LogP contribution < -0.4 is 15.5 Å². The molecule has 2 atom stereocenters. The van der Waals surface area contributed by atoms with Crippen molar-refractivity contribution in [1.82, 2.24) is 10.3 Å². The molecule has 160 valence electrons. The van der Waals surface area contributed by atoms with E-state index in [0.717, 1.165) is 34.2 Å². The number of carbonyl (C=O) groups excluding carboxylic acids is 1. The third kappa shape index (κ3) is 4.30. The van der Waals surface area contributed by atoms with Gasteiger partial charge in [-0.05, 0) is 74.1 Å². The van der Waals surface area contributed by atoms with E-state index in [2.05, 4.69) is 15.6 Å². The fourth-order valence-corrected chi connectivity index (χ4v) is 4.14. The van der Waals surface area contributed by atoms with Crippen molar-refractivity contribution in [3.63, 3.8) is 0 Å². The maximum atomic E-state index is 11.9. The molecular weight excluding hydrogens is 412 g/mol. The highest BCUT2D eigenvalue weighted by molar-refractivity contribution is 7.80. The zero-order valence-electron chi connectivity index (χ0n) is 17.6. The van der Waals surface area contributed by atoms with Crippen molar-refractivity contribution >= 4 is 34.6 Å². The smallest absolute Gasteiger partial charge is 0.250 e. The Balaban J connectivity index is 1.71.